The van der Waals surface area contributed by atoms with Gasteiger partial charge in [-0.15, -0.1) is 5.10 Å². The van der Waals surface area contributed by atoms with Gasteiger partial charge in [-0.05, 0) is 17.5 Å². The van der Waals surface area contributed by atoms with Crippen LogP contribution in [0.3, 0.4) is 0 Å². The topological polar surface area (TPSA) is 46.1 Å². The third-order valence-electron chi connectivity index (χ3n) is 2.13. The molecule has 1 aromatic heterocycles. The van der Waals surface area contributed by atoms with E-state index in [0.717, 1.165) is 5.69 Å². The van der Waals surface area contributed by atoms with E-state index >= 15 is 0 Å². The van der Waals surface area contributed by atoms with Crippen LogP contribution in [0.4, 0.5) is 0 Å². The van der Waals surface area contributed by atoms with Crippen molar-refractivity contribution < 1.29 is 4.79 Å². The lowest BCUT2D eigenvalue weighted by molar-refractivity contribution is 0.0800. The van der Waals surface area contributed by atoms with Gasteiger partial charge in [0.05, 0.1) is 5.69 Å². The van der Waals surface area contributed by atoms with Crippen LogP contribution >= 0.6 is 27.5 Å². The van der Waals surface area contributed by atoms with Gasteiger partial charge in [-0.2, -0.15) is 0 Å². The molecule has 4 nitrogen and oxygen atoms in total. The van der Waals surface area contributed by atoms with Crippen LogP contribution in [-0.2, 0) is 0 Å². The van der Waals surface area contributed by atoms with Crippen molar-refractivity contribution in [2.75, 3.05) is 13.6 Å². The number of alkyl halides is 1. The zero-order valence-corrected chi connectivity index (χ0v) is 12.3. The third kappa shape index (κ3) is 3.25. The van der Waals surface area contributed by atoms with Crippen molar-refractivity contribution in [2.45, 2.75) is 31.5 Å². The molecule has 0 spiro atoms. The molecule has 0 fully saturated rings. The van der Waals surface area contributed by atoms with Crippen molar-refractivity contribution in [1.29, 1.82) is 0 Å². The van der Waals surface area contributed by atoms with Crippen molar-refractivity contribution in [1.82, 2.24) is 14.5 Å². The first-order chi connectivity index (χ1) is 7.43. The summed E-state index contributed by atoms with van der Waals surface area (Å²) in [4.78, 5) is 14.7. The first-order valence-corrected chi connectivity index (χ1v) is 6.84. The van der Waals surface area contributed by atoms with E-state index in [1.54, 1.807) is 11.9 Å². The summed E-state index contributed by atoms with van der Waals surface area (Å²) in [6.45, 7) is 6.72. The molecule has 16 heavy (non-hydrogen) atoms. The van der Waals surface area contributed by atoms with Crippen LogP contribution in [-0.4, -0.2) is 38.8 Å². The molecule has 0 bridgehead atoms. The molecular weight excluding hydrogens is 290 g/mol. The predicted molar refractivity (Wildman–Crippen MR) is 69.3 cm³/mol. The van der Waals surface area contributed by atoms with Gasteiger partial charge in [-0.25, -0.2) is 0 Å². The summed E-state index contributed by atoms with van der Waals surface area (Å²) in [7, 11) is 1.80. The molecule has 1 aromatic rings. The molecule has 1 heterocycles. The third-order valence-corrected chi connectivity index (χ3v) is 3.15. The maximum atomic E-state index is 12.1. The van der Waals surface area contributed by atoms with Gasteiger partial charge >= 0.3 is 0 Å². The minimum atomic E-state index is 0.00463. The van der Waals surface area contributed by atoms with Crippen LogP contribution in [0.5, 0.6) is 0 Å². The van der Waals surface area contributed by atoms with Gasteiger partial charge in [-0.1, -0.05) is 41.2 Å². The molecule has 0 aromatic carbocycles. The molecule has 1 atom stereocenters. The smallest absolute Gasteiger partial charge is 0.267 e. The van der Waals surface area contributed by atoms with Crippen LogP contribution in [0, 0.1) is 0 Å². The fourth-order valence-electron chi connectivity index (χ4n) is 1.36. The van der Waals surface area contributed by atoms with Gasteiger partial charge in [0.15, 0.2) is 0 Å². The van der Waals surface area contributed by atoms with Gasteiger partial charge in [0.1, 0.15) is 4.88 Å². The van der Waals surface area contributed by atoms with Crippen molar-refractivity contribution in [3.05, 3.63) is 10.6 Å². The maximum absolute atomic E-state index is 12.1. The molecular formula is C10H16BrN3OS. The van der Waals surface area contributed by atoms with Crippen LogP contribution in [0.2, 0.25) is 0 Å². The van der Waals surface area contributed by atoms with Gasteiger partial charge in [0.2, 0.25) is 0 Å². The summed E-state index contributed by atoms with van der Waals surface area (Å²) in [5.74, 6) is 0.234. The van der Waals surface area contributed by atoms with Crippen LogP contribution in [0.1, 0.15) is 42.1 Å². The summed E-state index contributed by atoms with van der Waals surface area (Å²) >= 11 is 4.61. The number of halogens is 1. The van der Waals surface area contributed by atoms with Gasteiger partial charge in [0.25, 0.3) is 5.91 Å². The monoisotopic (exact) mass is 305 g/mol. The second-order valence-corrected chi connectivity index (χ2v) is 6.43. The minimum absolute atomic E-state index is 0.00463. The number of hydrogen-bond donors (Lipinski definition) is 0. The quantitative estimate of drug-likeness (QED) is 0.803. The Bertz CT molecular complexity index is 365. The van der Waals surface area contributed by atoms with E-state index in [4.69, 9.17) is 0 Å². The summed E-state index contributed by atoms with van der Waals surface area (Å²) in [6.07, 6.45) is 0. The molecule has 0 saturated carbocycles. The maximum Gasteiger partial charge on any atom is 0.267 e. The van der Waals surface area contributed by atoms with Crippen molar-refractivity contribution in [3.8, 4) is 0 Å². The highest BCUT2D eigenvalue weighted by Gasteiger charge is 2.22. The standard InChI is InChI=1S/C10H16BrN3OS/c1-6(2)8-9(16-13-12-8)10(15)14(4)5-7(3)11/h6-7H,5H2,1-4H3. The number of carbonyl (C=O) groups excluding carboxylic acids is 1. The Labute approximate surface area is 108 Å². The summed E-state index contributed by atoms with van der Waals surface area (Å²) < 4.78 is 3.86. The lowest BCUT2D eigenvalue weighted by Crippen LogP contribution is -2.31. The fourth-order valence-corrected chi connectivity index (χ4v) is 2.61. The van der Waals surface area contributed by atoms with Crippen LogP contribution < -0.4 is 0 Å². The number of amides is 1. The highest BCUT2D eigenvalue weighted by molar-refractivity contribution is 9.09. The lowest BCUT2D eigenvalue weighted by atomic mass is 10.1. The van der Waals surface area contributed by atoms with E-state index in [9.17, 15) is 4.79 Å². The van der Waals surface area contributed by atoms with E-state index in [1.807, 2.05) is 20.8 Å². The summed E-state index contributed by atoms with van der Waals surface area (Å²) in [5.41, 5.74) is 0.795. The Morgan fingerprint density at radius 2 is 2.12 bits per heavy atom. The molecule has 0 aliphatic rings. The molecule has 90 valence electrons. The van der Waals surface area contributed by atoms with Gasteiger partial charge in [0, 0.05) is 18.4 Å². The predicted octanol–water partition coefficient (Wildman–Crippen LogP) is 2.52. The first kappa shape index (κ1) is 13.6. The lowest BCUT2D eigenvalue weighted by Gasteiger charge is -2.18. The first-order valence-electron chi connectivity index (χ1n) is 5.15. The van der Waals surface area contributed by atoms with Crippen LogP contribution in [0.25, 0.3) is 0 Å². The number of carbonyl (C=O) groups is 1. The van der Waals surface area contributed by atoms with Gasteiger partial charge in [-0.3, -0.25) is 4.79 Å². The number of nitrogens with zero attached hydrogens (tertiary/aromatic N) is 3. The van der Waals surface area contributed by atoms with E-state index in [2.05, 4.69) is 25.5 Å². The Morgan fingerprint density at radius 3 is 2.62 bits per heavy atom. The molecule has 1 amide bonds. The number of aromatic nitrogens is 2. The van der Waals surface area contributed by atoms with Crippen molar-refractivity contribution in [3.63, 3.8) is 0 Å². The van der Waals surface area contributed by atoms with Crippen molar-refractivity contribution >= 4 is 33.4 Å². The average molecular weight is 306 g/mol. The highest BCUT2D eigenvalue weighted by Crippen LogP contribution is 2.21. The molecule has 1 unspecified atom stereocenters. The zero-order chi connectivity index (χ0) is 12.3. The molecule has 0 saturated heterocycles. The normalized spacial score (nSPS) is 12.9. The summed E-state index contributed by atoms with van der Waals surface area (Å²) in [6, 6.07) is 0. The van der Waals surface area contributed by atoms with Crippen LogP contribution in [0.15, 0.2) is 0 Å². The molecule has 0 aliphatic carbocycles. The SMILES string of the molecule is CC(Br)CN(C)C(=O)c1snnc1C(C)C. The zero-order valence-electron chi connectivity index (χ0n) is 9.90. The minimum Gasteiger partial charge on any atom is -0.340 e. The Hall–Kier alpha value is -0.490. The fraction of sp³-hybridized carbons (Fsp3) is 0.700. The largest absolute Gasteiger partial charge is 0.340 e. The molecule has 1 rings (SSSR count). The Kier molecular flexibility index (Phi) is 4.86. The van der Waals surface area contributed by atoms with E-state index in [0.29, 0.717) is 11.4 Å². The molecule has 6 heteroatoms. The Morgan fingerprint density at radius 1 is 1.50 bits per heavy atom. The van der Waals surface area contributed by atoms with E-state index in [-0.39, 0.29) is 16.7 Å². The van der Waals surface area contributed by atoms with E-state index < -0.39 is 0 Å². The number of rotatable bonds is 4. The molecule has 0 radical (unpaired) electrons. The Balaban J connectivity index is 2.83. The average Bonchev–Trinajstić information content (AvgIpc) is 2.63. The number of hydrogen-bond acceptors (Lipinski definition) is 4. The molecule has 0 N–H and O–H groups in total. The molecule has 0 aliphatic heterocycles. The van der Waals surface area contributed by atoms with Crippen molar-refractivity contribution in [2.24, 2.45) is 0 Å². The van der Waals surface area contributed by atoms with E-state index in [1.165, 1.54) is 11.5 Å². The van der Waals surface area contributed by atoms with Gasteiger partial charge < -0.3 is 4.90 Å². The second kappa shape index (κ2) is 5.72. The summed E-state index contributed by atoms with van der Waals surface area (Å²) in [5, 5.41) is 4.01. The highest BCUT2D eigenvalue weighted by atomic mass is 79.9. The second-order valence-electron chi connectivity index (χ2n) is 4.11.